The molecule has 1 saturated heterocycles. The predicted molar refractivity (Wildman–Crippen MR) is 109 cm³/mol. The average Bonchev–Trinajstić information content (AvgIpc) is 3.04. The van der Waals surface area contributed by atoms with Crippen LogP contribution in [0.4, 0.5) is 0 Å². The first-order valence-corrected chi connectivity index (χ1v) is 9.34. The molecule has 12 heteroatoms. The van der Waals surface area contributed by atoms with Gasteiger partial charge in [0.1, 0.15) is 18.3 Å². The summed E-state index contributed by atoms with van der Waals surface area (Å²) in [4.78, 5) is 39.0. The number of H-pyrrole nitrogens is 1. The minimum absolute atomic E-state index is 0.0657. The van der Waals surface area contributed by atoms with Crippen molar-refractivity contribution in [2.24, 2.45) is 0 Å². The molecular weight excluding hydrogens is 428 g/mol. The lowest BCUT2D eigenvalue weighted by atomic mass is 9.97. The quantitative estimate of drug-likeness (QED) is 0.305. The summed E-state index contributed by atoms with van der Waals surface area (Å²) >= 11 is 0. The average molecular weight is 450 g/mol. The number of aromatic hydroxyl groups is 1. The zero-order chi connectivity index (χ0) is 23.6. The van der Waals surface area contributed by atoms with Crippen molar-refractivity contribution in [3.05, 3.63) is 56.9 Å². The number of nitrogens with one attached hydrogen (secondary N) is 1. The number of benzene rings is 1. The SMILES string of the molecule is COc1cc(/C=C/C(=O)[C@@]2(n3ccc(=O)[nH]c3=O)O[C@H](CO)[C@@H](O)[C@H]2O)cc(OC)c1O. The number of aliphatic hydroxyl groups is 3. The molecule has 0 saturated carbocycles. The van der Waals surface area contributed by atoms with Gasteiger partial charge in [-0.2, -0.15) is 0 Å². The Labute approximate surface area is 180 Å². The van der Waals surface area contributed by atoms with Gasteiger partial charge in [0.15, 0.2) is 11.5 Å². The second kappa shape index (κ2) is 8.96. The topological polar surface area (TPSA) is 181 Å². The summed E-state index contributed by atoms with van der Waals surface area (Å²) < 4.78 is 16.2. The molecule has 3 rings (SSSR count). The lowest BCUT2D eigenvalue weighted by molar-refractivity contribution is -0.171. The Bertz CT molecular complexity index is 1130. The highest BCUT2D eigenvalue weighted by Gasteiger charge is 2.59. The van der Waals surface area contributed by atoms with Crippen molar-refractivity contribution in [2.45, 2.75) is 24.0 Å². The number of methoxy groups -OCH3 is 2. The van der Waals surface area contributed by atoms with Crippen LogP contribution in [0.5, 0.6) is 17.2 Å². The molecule has 5 N–H and O–H groups in total. The van der Waals surface area contributed by atoms with E-state index in [-0.39, 0.29) is 17.2 Å². The van der Waals surface area contributed by atoms with Gasteiger partial charge in [0.2, 0.25) is 17.3 Å². The van der Waals surface area contributed by atoms with E-state index in [2.05, 4.69) is 0 Å². The largest absolute Gasteiger partial charge is 0.502 e. The molecule has 172 valence electrons. The van der Waals surface area contributed by atoms with E-state index in [0.717, 1.165) is 18.3 Å². The number of hydrogen-bond donors (Lipinski definition) is 5. The fourth-order valence-electron chi connectivity index (χ4n) is 3.45. The fraction of sp³-hybridized carbons (Fsp3) is 0.350. The number of hydrogen-bond acceptors (Lipinski definition) is 10. The van der Waals surface area contributed by atoms with E-state index in [1.807, 2.05) is 4.98 Å². The van der Waals surface area contributed by atoms with E-state index in [9.17, 15) is 34.8 Å². The molecule has 1 aliphatic rings. The van der Waals surface area contributed by atoms with Gasteiger partial charge in [-0.25, -0.2) is 4.79 Å². The second-order valence-electron chi connectivity index (χ2n) is 6.92. The van der Waals surface area contributed by atoms with E-state index < -0.39 is 47.7 Å². The third kappa shape index (κ3) is 3.80. The van der Waals surface area contributed by atoms with Crippen molar-refractivity contribution in [1.29, 1.82) is 0 Å². The van der Waals surface area contributed by atoms with Gasteiger partial charge < -0.3 is 34.6 Å². The number of ether oxygens (including phenoxy) is 3. The van der Waals surface area contributed by atoms with E-state index in [0.29, 0.717) is 10.1 Å². The van der Waals surface area contributed by atoms with Crippen molar-refractivity contribution < 1.29 is 39.4 Å². The summed E-state index contributed by atoms with van der Waals surface area (Å²) in [5.41, 5.74) is -3.94. The maximum absolute atomic E-state index is 13.2. The summed E-state index contributed by atoms with van der Waals surface area (Å²) in [5, 5.41) is 40.4. The van der Waals surface area contributed by atoms with Crippen LogP contribution in [0.25, 0.3) is 6.08 Å². The molecule has 12 nitrogen and oxygen atoms in total. The molecular formula is C20H22N2O10. The van der Waals surface area contributed by atoms with Crippen LogP contribution in [0.3, 0.4) is 0 Å². The highest BCUT2D eigenvalue weighted by atomic mass is 16.6. The van der Waals surface area contributed by atoms with Gasteiger partial charge in [0, 0.05) is 12.3 Å². The van der Waals surface area contributed by atoms with Crippen LogP contribution in [0.2, 0.25) is 0 Å². The molecule has 0 unspecified atom stereocenters. The zero-order valence-corrected chi connectivity index (χ0v) is 17.1. The van der Waals surface area contributed by atoms with Crippen LogP contribution in [-0.4, -0.2) is 74.9 Å². The van der Waals surface area contributed by atoms with Crippen LogP contribution in [0, 0.1) is 0 Å². The molecule has 2 aromatic rings. The molecule has 0 spiro atoms. The molecule has 1 aliphatic heterocycles. The Kier molecular flexibility index (Phi) is 6.50. The molecule has 2 heterocycles. The van der Waals surface area contributed by atoms with Crippen LogP contribution < -0.4 is 20.7 Å². The molecule has 0 amide bonds. The van der Waals surface area contributed by atoms with Gasteiger partial charge in [-0.3, -0.25) is 19.1 Å². The molecule has 0 radical (unpaired) electrons. The molecule has 1 fully saturated rings. The van der Waals surface area contributed by atoms with E-state index >= 15 is 0 Å². The maximum atomic E-state index is 13.2. The monoisotopic (exact) mass is 450 g/mol. The standard InChI is InChI=1S/C20H22N2O10/c1-30-11-7-10(8-12(31-2)16(11)26)3-4-14(24)20(18(28)17(27)13(9-23)32-20)22-6-5-15(25)21-19(22)29/h3-8,13,17-18,23,26-28H,9H2,1-2H3,(H,21,25,29)/b4-3+/t13-,17-,18-,20-/m1/s1. The lowest BCUT2D eigenvalue weighted by Crippen LogP contribution is -2.56. The first kappa shape index (κ1) is 23.2. The van der Waals surface area contributed by atoms with Crippen LogP contribution in [-0.2, 0) is 15.3 Å². The van der Waals surface area contributed by atoms with Crippen molar-refractivity contribution in [3.8, 4) is 17.2 Å². The van der Waals surface area contributed by atoms with Gasteiger partial charge in [0.25, 0.3) is 5.56 Å². The number of carbonyl (C=O) groups excluding carboxylic acids is 1. The van der Waals surface area contributed by atoms with Crippen LogP contribution >= 0.6 is 0 Å². The summed E-state index contributed by atoms with van der Waals surface area (Å²) in [5.74, 6) is -1.09. The number of aromatic nitrogens is 2. The number of ketones is 1. The Hall–Kier alpha value is -3.45. The molecule has 1 aromatic carbocycles. The summed E-state index contributed by atoms with van der Waals surface area (Å²) in [6.45, 7) is -0.749. The Morgan fingerprint density at radius 2 is 1.88 bits per heavy atom. The number of phenolic OH excluding ortho intramolecular Hbond substituents is 1. The zero-order valence-electron chi connectivity index (χ0n) is 17.1. The number of phenols is 1. The number of aromatic amines is 1. The number of rotatable bonds is 7. The van der Waals surface area contributed by atoms with Crippen LogP contribution in [0.15, 0.2) is 40.1 Å². The van der Waals surface area contributed by atoms with Crippen molar-refractivity contribution in [2.75, 3.05) is 20.8 Å². The second-order valence-corrected chi connectivity index (χ2v) is 6.92. The summed E-state index contributed by atoms with van der Waals surface area (Å²) in [7, 11) is 2.65. The Morgan fingerprint density at radius 3 is 2.38 bits per heavy atom. The number of nitrogens with zero attached hydrogens (tertiary/aromatic N) is 1. The smallest absolute Gasteiger partial charge is 0.331 e. The highest BCUT2D eigenvalue weighted by molar-refractivity contribution is 5.99. The third-order valence-corrected chi connectivity index (χ3v) is 5.08. The fourth-order valence-corrected chi connectivity index (χ4v) is 3.45. The molecule has 0 aliphatic carbocycles. The van der Waals surface area contributed by atoms with Crippen LogP contribution in [0.1, 0.15) is 5.56 Å². The normalized spacial score (nSPS) is 25.2. The van der Waals surface area contributed by atoms with Gasteiger partial charge >= 0.3 is 5.69 Å². The van der Waals surface area contributed by atoms with Crippen molar-refractivity contribution >= 4 is 11.9 Å². The van der Waals surface area contributed by atoms with Gasteiger partial charge in [-0.05, 0) is 23.8 Å². The lowest BCUT2D eigenvalue weighted by Gasteiger charge is -2.31. The molecule has 1 aromatic heterocycles. The van der Waals surface area contributed by atoms with Crippen molar-refractivity contribution in [3.63, 3.8) is 0 Å². The van der Waals surface area contributed by atoms with Gasteiger partial charge in [0.05, 0.1) is 20.8 Å². The number of aliphatic hydroxyl groups excluding tert-OH is 3. The molecule has 0 bridgehead atoms. The first-order valence-electron chi connectivity index (χ1n) is 9.34. The maximum Gasteiger partial charge on any atom is 0.331 e. The molecule has 4 atom stereocenters. The summed E-state index contributed by atoms with van der Waals surface area (Å²) in [6.07, 6.45) is -1.85. The van der Waals surface area contributed by atoms with E-state index in [4.69, 9.17) is 14.2 Å². The number of carbonyl (C=O) groups is 1. The Morgan fingerprint density at radius 1 is 1.25 bits per heavy atom. The summed E-state index contributed by atoms with van der Waals surface area (Å²) in [6, 6.07) is 3.74. The third-order valence-electron chi connectivity index (χ3n) is 5.08. The van der Waals surface area contributed by atoms with E-state index in [1.165, 1.54) is 32.4 Å². The van der Waals surface area contributed by atoms with Gasteiger partial charge in [-0.1, -0.05) is 6.08 Å². The van der Waals surface area contributed by atoms with Crippen molar-refractivity contribution in [1.82, 2.24) is 9.55 Å². The molecule has 32 heavy (non-hydrogen) atoms. The Balaban J connectivity index is 2.10. The first-order chi connectivity index (χ1) is 15.2. The predicted octanol–water partition coefficient (Wildman–Crippen LogP) is -1.69. The van der Waals surface area contributed by atoms with E-state index in [1.54, 1.807) is 0 Å². The van der Waals surface area contributed by atoms with Gasteiger partial charge in [-0.15, -0.1) is 0 Å². The minimum Gasteiger partial charge on any atom is -0.502 e. The highest BCUT2D eigenvalue weighted by Crippen LogP contribution is 2.38. The minimum atomic E-state index is -2.46.